The molecule has 0 radical (unpaired) electrons. The summed E-state index contributed by atoms with van der Waals surface area (Å²) < 4.78 is 5.25. The third-order valence-electron chi connectivity index (χ3n) is 2.97. The largest absolute Gasteiger partial charge is 0.497 e. The Morgan fingerprint density at radius 1 is 1.33 bits per heavy atom. The molecule has 0 spiro atoms. The molecule has 4 nitrogen and oxygen atoms in total. The Kier molecular flexibility index (Phi) is 3.67. The van der Waals surface area contributed by atoms with Gasteiger partial charge >= 0.3 is 0 Å². The maximum atomic E-state index is 9.06. The standard InChI is InChI=1S/C14H18N2O2/c1-10-8-14(16(2)6-7-17)12-9-11(18-3)4-5-13(12)15-10/h4-5,8-9,17H,6-7H2,1-3H3. The summed E-state index contributed by atoms with van der Waals surface area (Å²) in [5.74, 6) is 0.812. The van der Waals surface area contributed by atoms with E-state index in [0.717, 1.165) is 28.0 Å². The van der Waals surface area contributed by atoms with E-state index in [1.165, 1.54) is 0 Å². The number of nitrogens with zero attached hydrogens (tertiary/aromatic N) is 2. The lowest BCUT2D eigenvalue weighted by Gasteiger charge is -2.20. The summed E-state index contributed by atoms with van der Waals surface area (Å²) in [7, 11) is 3.61. The number of aliphatic hydroxyl groups excluding tert-OH is 1. The van der Waals surface area contributed by atoms with Crippen molar-refractivity contribution in [3.8, 4) is 5.75 Å². The highest BCUT2D eigenvalue weighted by atomic mass is 16.5. The topological polar surface area (TPSA) is 45.6 Å². The fourth-order valence-electron chi connectivity index (χ4n) is 2.03. The van der Waals surface area contributed by atoms with Crippen LogP contribution in [0.5, 0.6) is 5.75 Å². The normalized spacial score (nSPS) is 10.7. The van der Waals surface area contributed by atoms with E-state index < -0.39 is 0 Å². The van der Waals surface area contributed by atoms with Gasteiger partial charge < -0.3 is 14.7 Å². The van der Waals surface area contributed by atoms with Gasteiger partial charge in [-0.05, 0) is 31.2 Å². The van der Waals surface area contributed by atoms with Crippen molar-refractivity contribution < 1.29 is 9.84 Å². The van der Waals surface area contributed by atoms with E-state index >= 15 is 0 Å². The number of methoxy groups -OCH3 is 1. The SMILES string of the molecule is COc1ccc2nc(C)cc(N(C)CCO)c2c1. The van der Waals surface area contributed by atoms with E-state index in [-0.39, 0.29) is 6.61 Å². The summed E-state index contributed by atoms with van der Waals surface area (Å²) in [6.45, 7) is 2.69. The first-order valence-corrected chi connectivity index (χ1v) is 5.93. The summed E-state index contributed by atoms with van der Waals surface area (Å²) in [4.78, 5) is 6.53. The molecule has 0 aliphatic heterocycles. The van der Waals surface area contributed by atoms with Crippen LogP contribution in [-0.2, 0) is 0 Å². The lowest BCUT2D eigenvalue weighted by atomic mass is 10.1. The number of hydrogen-bond donors (Lipinski definition) is 1. The van der Waals surface area contributed by atoms with Crippen LogP contribution in [0.2, 0.25) is 0 Å². The Hall–Kier alpha value is -1.81. The van der Waals surface area contributed by atoms with Gasteiger partial charge in [0.25, 0.3) is 0 Å². The number of aliphatic hydroxyl groups is 1. The summed E-state index contributed by atoms with van der Waals surface area (Å²) in [6, 6.07) is 7.87. The van der Waals surface area contributed by atoms with Crippen LogP contribution in [0.15, 0.2) is 24.3 Å². The zero-order valence-corrected chi connectivity index (χ0v) is 11.0. The van der Waals surface area contributed by atoms with Gasteiger partial charge in [0, 0.05) is 30.4 Å². The van der Waals surface area contributed by atoms with E-state index in [2.05, 4.69) is 4.98 Å². The predicted molar refractivity (Wildman–Crippen MR) is 73.4 cm³/mol. The van der Waals surface area contributed by atoms with Crippen molar-refractivity contribution in [1.82, 2.24) is 4.98 Å². The molecule has 0 amide bonds. The molecule has 2 aromatic rings. The lowest BCUT2D eigenvalue weighted by molar-refractivity contribution is 0.304. The first kappa shape index (κ1) is 12.6. The molecule has 0 unspecified atom stereocenters. The first-order chi connectivity index (χ1) is 8.65. The molecule has 4 heteroatoms. The van der Waals surface area contributed by atoms with Gasteiger partial charge in [0.05, 0.1) is 19.2 Å². The van der Waals surface area contributed by atoms with Gasteiger partial charge in [-0.1, -0.05) is 0 Å². The van der Waals surface area contributed by atoms with Crippen LogP contribution in [0.25, 0.3) is 10.9 Å². The van der Waals surface area contributed by atoms with Gasteiger partial charge in [-0.2, -0.15) is 0 Å². The second kappa shape index (κ2) is 5.23. The minimum Gasteiger partial charge on any atom is -0.497 e. The number of hydrogen-bond acceptors (Lipinski definition) is 4. The van der Waals surface area contributed by atoms with Crippen molar-refractivity contribution in [3.63, 3.8) is 0 Å². The second-order valence-corrected chi connectivity index (χ2v) is 4.31. The number of likely N-dealkylation sites (N-methyl/N-ethyl adjacent to an activating group) is 1. The highest BCUT2D eigenvalue weighted by molar-refractivity contribution is 5.92. The fourth-order valence-corrected chi connectivity index (χ4v) is 2.03. The van der Waals surface area contributed by atoms with Crippen molar-refractivity contribution in [2.75, 3.05) is 32.2 Å². The molecule has 2 rings (SSSR count). The zero-order valence-electron chi connectivity index (χ0n) is 11.0. The van der Waals surface area contributed by atoms with Crippen LogP contribution in [0.3, 0.4) is 0 Å². The molecule has 1 aromatic carbocycles. The van der Waals surface area contributed by atoms with Gasteiger partial charge in [0.2, 0.25) is 0 Å². The number of aromatic nitrogens is 1. The molecule has 0 saturated heterocycles. The molecule has 0 aliphatic carbocycles. The molecule has 1 N–H and O–H groups in total. The van der Waals surface area contributed by atoms with Gasteiger partial charge in [-0.3, -0.25) is 4.98 Å². The monoisotopic (exact) mass is 246 g/mol. The van der Waals surface area contributed by atoms with Crippen LogP contribution in [0, 0.1) is 6.92 Å². The highest BCUT2D eigenvalue weighted by Crippen LogP contribution is 2.29. The third-order valence-corrected chi connectivity index (χ3v) is 2.97. The molecule has 0 atom stereocenters. The van der Waals surface area contributed by atoms with Crippen LogP contribution >= 0.6 is 0 Å². The van der Waals surface area contributed by atoms with Crippen molar-refractivity contribution in [2.24, 2.45) is 0 Å². The Morgan fingerprint density at radius 3 is 2.78 bits per heavy atom. The maximum Gasteiger partial charge on any atom is 0.119 e. The second-order valence-electron chi connectivity index (χ2n) is 4.31. The Bertz CT molecular complexity index is 555. The molecule has 0 aliphatic rings. The first-order valence-electron chi connectivity index (χ1n) is 5.93. The number of aryl methyl sites for hydroxylation is 1. The van der Waals surface area contributed by atoms with Crippen molar-refractivity contribution >= 4 is 16.6 Å². The van der Waals surface area contributed by atoms with E-state index in [4.69, 9.17) is 9.84 Å². The third kappa shape index (κ3) is 2.38. The fraction of sp³-hybridized carbons (Fsp3) is 0.357. The van der Waals surface area contributed by atoms with Gasteiger partial charge in [-0.25, -0.2) is 0 Å². The minimum absolute atomic E-state index is 0.128. The van der Waals surface area contributed by atoms with Crippen molar-refractivity contribution in [2.45, 2.75) is 6.92 Å². The smallest absolute Gasteiger partial charge is 0.119 e. The number of fused-ring (bicyclic) bond motifs is 1. The Labute approximate surface area is 107 Å². The summed E-state index contributed by atoms with van der Waals surface area (Å²) in [6.07, 6.45) is 0. The Morgan fingerprint density at radius 2 is 2.11 bits per heavy atom. The summed E-state index contributed by atoms with van der Waals surface area (Å²) in [5.41, 5.74) is 2.97. The molecule has 96 valence electrons. The van der Waals surface area contributed by atoms with Crippen LogP contribution < -0.4 is 9.64 Å². The van der Waals surface area contributed by atoms with Crippen LogP contribution in [0.1, 0.15) is 5.69 Å². The van der Waals surface area contributed by atoms with Crippen molar-refractivity contribution in [1.29, 1.82) is 0 Å². The van der Waals surface area contributed by atoms with Gasteiger partial charge in [0.15, 0.2) is 0 Å². The summed E-state index contributed by atoms with van der Waals surface area (Å²) >= 11 is 0. The lowest BCUT2D eigenvalue weighted by Crippen LogP contribution is -2.21. The quantitative estimate of drug-likeness (QED) is 0.896. The van der Waals surface area contributed by atoms with Crippen molar-refractivity contribution in [3.05, 3.63) is 30.0 Å². The van der Waals surface area contributed by atoms with E-state index in [9.17, 15) is 0 Å². The number of rotatable bonds is 4. The molecular weight excluding hydrogens is 228 g/mol. The number of pyridine rings is 1. The zero-order chi connectivity index (χ0) is 13.1. The van der Waals surface area contributed by atoms with Crippen LogP contribution in [0.4, 0.5) is 5.69 Å². The molecule has 1 aromatic heterocycles. The van der Waals surface area contributed by atoms with Gasteiger partial charge in [0.1, 0.15) is 5.75 Å². The number of benzene rings is 1. The predicted octanol–water partition coefficient (Wildman–Crippen LogP) is 1.98. The Balaban J connectivity index is 2.61. The molecule has 0 saturated carbocycles. The summed E-state index contributed by atoms with van der Waals surface area (Å²) in [5, 5.41) is 10.1. The number of anilines is 1. The average molecular weight is 246 g/mol. The molecular formula is C14H18N2O2. The maximum absolute atomic E-state index is 9.06. The van der Waals surface area contributed by atoms with Crippen LogP contribution in [-0.4, -0.2) is 37.4 Å². The van der Waals surface area contributed by atoms with E-state index in [0.29, 0.717) is 6.54 Å². The number of ether oxygens (including phenoxy) is 1. The highest BCUT2D eigenvalue weighted by Gasteiger charge is 2.09. The minimum atomic E-state index is 0.128. The van der Waals surface area contributed by atoms with E-state index in [1.807, 2.05) is 43.1 Å². The molecule has 0 bridgehead atoms. The van der Waals surface area contributed by atoms with E-state index in [1.54, 1.807) is 7.11 Å². The molecule has 1 heterocycles. The molecule has 18 heavy (non-hydrogen) atoms. The van der Waals surface area contributed by atoms with Gasteiger partial charge in [-0.15, -0.1) is 0 Å². The average Bonchev–Trinajstić information content (AvgIpc) is 2.37. The molecule has 0 fully saturated rings.